The molecule has 0 aromatic rings. The highest BCUT2D eigenvalue weighted by molar-refractivity contribution is 5.75. The van der Waals surface area contributed by atoms with Crippen LogP contribution in [0.3, 0.4) is 0 Å². The van der Waals surface area contributed by atoms with Gasteiger partial charge in [0.1, 0.15) is 5.78 Å². The van der Waals surface area contributed by atoms with Crippen LogP contribution in [0.1, 0.15) is 26.7 Å². The monoisotopic (exact) mass is 1320 g/mol. The molecule has 0 aromatic heterocycles. The van der Waals surface area contributed by atoms with Crippen LogP contribution in [-0.2, 0) is 137 Å². The Morgan fingerprint density at radius 1 is 0.144 bits per heavy atom. The average Bonchev–Trinajstić information content (AvgIpc) is 3.54. The van der Waals surface area contributed by atoms with Crippen molar-refractivity contribution in [2.24, 2.45) is 0 Å². The number of carbonyl (C=O) groups excluding carboxylic acids is 1. The van der Waals surface area contributed by atoms with Crippen molar-refractivity contribution in [3.8, 4) is 0 Å². The van der Waals surface area contributed by atoms with Crippen LogP contribution in [0.25, 0.3) is 0 Å². The van der Waals surface area contributed by atoms with E-state index in [9.17, 15) is 4.79 Å². The van der Waals surface area contributed by atoms with E-state index in [1.165, 1.54) is 0 Å². The van der Waals surface area contributed by atoms with E-state index in [0.717, 1.165) is 13.0 Å². The van der Waals surface area contributed by atoms with Gasteiger partial charge in [0.15, 0.2) is 0 Å². The molecule has 0 aliphatic carbocycles. The smallest absolute Gasteiger partial charge is 0.132 e. The van der Waals surface area contributed by atoms with Gasteiger partial charge < -0.3 is 133 Å². The van der Waals surface area contributed by atoms with Crippen LogP contribution in [0, 0.1) is 0 Å². The van der Waals surface area contributed by atoms with Gasteiger partial charge in [-0.3, -0.25) is 4.79 Å². The predicted octanol–water partition coefficient (Wildman–Crippen LogP) is 1.84. The molecular formula is C61H122O29. The minimum absolute atomic E-state index is 0.120. The Hall–Kier alpha value is -1.45. The highest BCUT2D eigenvalue weighted by atomic mass is 16.6. The molecule has 0 N–H and O–H groups in total. The van der Waals surface area contributed by atoms with Gasteiger partial charge in [-0.05, 0) is 13.3 Å². The number of ether oxygens (including phenoxy) is 28. The van der Waals surface area contributed by atoms with Gasteiger partial charge in [-0.2, -0.15) is 0 Å². The fraction of sp³-hybridized carbons (Fsp3) is 0.984. The number of rotatable bonds is 86. The van der Waals surface area contributed by atoms with Gasteiger partial charge in [0, 0.05) is 13.0 Å². The Morgan fingerprint density at radius 3 is 0.300 bits per heavy atom. The zero-order valence-electron chi connectivity index (χ0n) is 55.4. The lowest BCUT2D eigenvalue weighted by atomic mass is 10.3. The minimum atomic E-state index is 0.120. The van der Waals surface area contributed by atoms with Crippen LogP contribution in [0.2, 0.25) is 0 Å². The molecule has 0 saturated heterocycles. The fourth-order valence-electron chi connectivity index (χ4n) is 6.40. The first-order chi connectivity index (χ1) is 44.8. The van der Waals surface area contributed by atoms with Crippen LogP contribution in [0.15, 0.2) is 0 Å². The second-order valence-corrected chi connectivity index (χ2v) is 18.6. The molecule has 0 spiro atoms. The quantitative estimate of drug-likeness (QED) is 0.0786. The van der Waals surface area contributed by atoms with E-state index >= 15 is 0 Å². The Labute approximate surface area is 538 Å². The van der Waals surface area contributed by atoms with Crippen LogP contribution in [0.4, 0.5) is 0 Å². The molecule has 29 nitrogen and oxygen atoms in total. The first-order valence-electron chi connectivity index (χ1n) is 32.4. The van der Waals surface area contributed by atoms with Crippen molar-refractivity contribution in [1.29, 1.82) is 0 Å². The first-order valence-corrected chi connectivity index (χ1v) is 32.4. The minimum Gasteiger partial charge on any atom is -0.379 e. The lowest BCUT2D eigenvalue weighted by Crippen LogP contribution is -2.16. The van der Waals surface area contributed by atoms with Crippen molar-refractivity contribution in [2.75, 3.05) is 370 Å². The van der Waals surface area contributed by atoms with Crippen LogP contribution in [-0.4, -0.2) is 376 Å². The molecule has 0 aliphatic rings. The number of hydrogen-bond acceptors (Lipinski definition) is 29. The largest absolute Gasteiger partial charge is 0.379 e. The van der Waals surface area contributed by atoms with Crippen molar-refractivity contribution in [3.63, 3.8) is 0 Å². The molecule has 0 unspecified atom stereocenters. The van der Waals surface area contributed by atoms with Crippen molar-refractivity contribution in [3.05, 3.63) is 0 Å². The summed E-state index contributed by atoms with van der Waals surface area (Å²) < 4.78 is 154. The highest BCUT2D eigenvalue weighted by Crippen LogP contribution is 1.93. The van der Waals surface area contributed by atoms with E-state index in [0.29, 0.717) is 370 Å². The molecule has 0 saturated carbocycles. The Morgan fingerprint density at radius 2 is 0.222 bits per heavy atom. The van der Waals surface area contributed by atoms with E-state index in [-0.39, 0.29) is 5.78 Å². The molecule has 90 heavy (non-hydrogen) atoms. The molecule has 0 aliphatic heterocycles. The van der Waals surface area contributed by atoms with E-state index in [2.05, 4.69) is 6.92 Å². The summed E-state index contributed by atoms with van der Waals surface area (Å²) in [6.07, 6.45) is 1.45. The molecule has 0 rings (SSSR count). The Bertz CT molecular complexity index is 1280. The summed E-state index contributed by atoms with van der Waals surface area (Å²) in [7, 11) is 0. The Balaban J connectivity index is 3.09. The molecule has 540 valence electrons. The maximum Gasteiger partial charge on any atom is 0.132 e. The molecular weight excluding hydrogens is 1200 g/mol. The number of hydrogen-bond donors (Lipinski definition) is 0. The SMILES string of the molecule is CCCOCCOCCOCCOCCOCCOCCOCCOCCOCCOCCOCCOCCOCCOCCOCCOCCOCCOCCOCCOCCOCCOCCOCCOCCOCCOCCOCCOCCC(C)=O. The second-order valence-electron chi connectivity index (χ2n) is 18.6. The molecule has 29 heteroatoms. The van der Waals surface area contributed by atoms with Crippen molar-refractivity contribution in [2.45, 2.75) is 26.7 Å². The van der Waals surface area contributed by atoms with Gasteiger partial charge in [0.2, 0.25) is 0 Å². The van der Waals surface area contributed by atoms with Crippen LogP contribution < -0.4 is 0 Å². The van der Waals surface area contributed by atoms with Gasteiger partial charge in [-0.1, -0.05) is 6.92 Å². The Kier molecular flexibility index (Phi) is 84.2. The van der Waals surface area contributed by atoms with Gasteiger partial charge >= 0.3 is 0 Å². The van der Waals surface area contributed by atoms with Crippen LogP contribution in [0.5, 0.6) is 0 Å². The molecule has 0 aromatic carbocycles. The maximum atomic E-state index is 10.8. The number of Topliss-reactive ketones (excluding diaryl/α,β-unsaturated/α-hetero) is 1. The average molecular weight is 1320 g/mol. The summed E-state index contributed by atoms with van der Waals surface area (Å²) >= 11 is 0. The third-order valence-corrected chi connectivity index (χ3v) is 11.0. The summed E-state index contributed by atoms with van der Waals surface area (Å²) in [5.74, 6) is 0.120. The van der Waals surface area contributed by atoms with Gasteiger partial charge in [0.25, 0.3) is 0 Å². The number of ketones is 1. The molecule has 0 heterocycles. The molecule has 0 fully saturated rings. The zero-order valence-corrected chi connectivity index (χ0v) is 55.4. The standard InChI is InChI=1S/C61H122O29/c1-3-5-63-7-9-65-11-13-67-15-17-69-19-21-71-23-25-73-27-29-75-31-33-77-35-37-79-39-41-81-43-45-83-47-49-85-51-53-87-55-57-89-59-60-90-58-56-88-54-52-86-50-48-84-46-44-82-42-40-80-38-36-78-34-32-76-30-28-74-26-24-72-22-20-70-18-16-68-14-12-66-10-8-64-6-4-61(2)62/h3-60H2,1-2H3. The number of carbonyl (C=O) groups is 1. The summed E-state index contributed by atoms with van der Waals surface area (Å²) in [6.45, 7) is 31.5. The predicted molar refractivity (Wildman–Crippen MR) is 329 cm³/mol. The second kappa shape index (κ2) is 85.6. The van der Waals surface area contributed by atoms with Gasteiger partial charge in [-0.15, -0.1) is 0 Å². The lowest BCUT2D eigenvalue weighted by Gasteiger charge is -2.09. The van der Waals surface area contributed by atoms with E-state index in [4.69, 9.17) is 133 Å². The topological polar surface area (TPSA) is 276 Å². The van der Waals surface area contributed by atoms with Gasteiger partial charge in [0.05, 0.1) is 363 Å². The van der Waals surface area contributed by atoms with E-state index < -0.39 is 0 Å². The fourth-order valence-corrected chi connectivity index (χ4v) is 6.40. The molecule has 0 bridgehead atoms. The van der Waals surface area contributed by atoms with Crippen molar-refractivity contribution in [1.82, 2.24) is 0 Å². The summed E-state index contributed by atoms with van der Waals surface area (Å²) in [5.41, 5.74) is 0. The highest BCUT2D eigenvalue weighted by Gasteiger charge is 2.02. The first kappa shape index (κ1) is 88.5. The third kappa shape index (κ3) is 86.5. The summed E-state index contributed by atoms with van der Waals surface area (Å²) in [5, 5.41) is 0. The zero-order chi connectivity index (χ0) is 64.4. The van der Waals surface area contributed by atoms with E-state index in [1.54, 1.807) is 6.92 Å². The maximum absolute atomic E-state index is 10.8. The normalized spacial score (nSPS) is 11.8. The summed E-state index contributed by atoms with van der Waals surface area (Å²) in [4.78, 5) is 10.8. The molecule has 0 atom stereocenters. The van der Waals surface area contributed by atoms with Crippen molar-refractivity contribution >= 4 is 5.78 Å². The summed E-state index contributed by atoms with van der Waals surface area (Å²) in [6, 6.07) is 0. The molecule has 0 radical (unpaired) electrons. The third-order valence-electron chi connectivity index (χ3n) is 11.0. The van der Waals surface area contributed by atoms with E-state index in [1.807, 2.05) is 0 Å². The van der Waals surface area contributed by atoms with Crippen molar-refractivity contribution < 1.29 is 137 Å². The van der Waals surface area contributed by atoms with Crippen LogP contribution >= 0.6 is 0 Å². The lowest BCUT2D eigenvalue weighted by molar-refractivity contribution is -0.118. The molecule has 0 amide bonds. The van der Waals surface area contributed by atoms with Gasteiger partial charge in [-0.25, -0.2) is 0 Å².